The van der Waals surface area contributed by atoms with Crippen LogP contribution in [0.25, 0.3) is 11.1 Å². The number of rotatable bonds is 8. The molecule has 0 bridgehead atoms. The Morgan fingerprint density at radius 1 is 1.03 bits per heavy atom. The summed E-state index contributed by atoms with van der Waals surface area (Å²) in [5.74, 6) is 0.158. The van der Waals surface area contributed by atoms with E-state index in [-0.39, 0.29) is 22.8 Å². The lowest BCUT2D eigenvalue weighted by atomic mass is 9.87. The predicted octanol–water partition coefficient (Wildman–Crippen LogP) is 5.33. The fraction of sp³-hybridized carbons (Fsp3) is 0.481. The Kier molecular flexibility index (Phi) is 8.03. The van der Waals surface area contributed by atoms with Gasteiger partial charge in [0.05, 0.1) is 12.8 Å². The summed E-state index contributed by atoms with van der Waals surface area (Å²) in [6.07, 6.45) is 9.53. The zero-order valence-corrected chi connectivity index (χ0v) is 20.6. The second-order valence-electron chi connectivity index (χ2n) is 9.83. The number of nitrogens with one attached hydrogen (secondary N) is 2. The number of hydrogen-bond donors (Lipinski definition) is 2. The van der Waals surface area contributed by atoms with Crippen LogP contribution < -0.4 is 10.1 Å². The van der Waals surface area contributed by atoms with Crippen molar-refractivity contribution in [2.45, 2.75) is 51.4 Å². The third kappa shape index (κ3) is 6.49. The number of aromatic nitrogens is 4. The SMILES string of the molecule is O=C(Nc1cc(-c2cc(OCC3CCOCC3)ccc2F)c(F)cn1)c1n[nH]c(CC2CCCCC2)n1. The molecule has 0 atom stereocenters. The molecule has 5 rings (SSSR count). The van der Waals surface area contributed by atoms with Crippen LogP contribution in [-0.2, 0) is 11.2 Å². The Bertz CT molecular complexity index is 1220. The van der Waals surface area contributed by atoms with Crippen LogP contribution in [0.15, 0.2) is 30.5 Å². The van der Waals surface area contributed by atoms with E-state index in [1.54, 1.807) is 0 Å². The van der Waals surface area contributed by atoms with E-state index < -0.39 is 17.5 Å². The number of aromatic amines is 1. The van der Waals surface area contributed by atoms with Crippen LogP contribution in [0.3, 0.4) is 0 Å². The summed E-state index contributed by atoms with van der Waals surface area (Å²) in [7, 11) is 0. The van der Waals surface area contributed by atoms with E-state index in [4.69, 9.17) is 9.47 Å². The number of benzene rings is 1. The molecule has 1 aromatic carbocycles. The average molecular weight is 512 g/mol. The number of anilines is 1. The molecule has 2 N–H and O–H groups in total. The van der Waals surface area contributed by atoms with Crippen LogP contribution >= 0.6 is 0 Å². The molecule has 196 valence electrons. The van der Waals surface area contributed by atoms with Crippen molar-refractivity contribution in [3.63, 3.8) is 0 Å². The molecule has 1 saturated carbocycles. The van der Waals surface area contributed by atoms with Gasteiger partial charge in [-0.05, 0) is 48.9 Å². The number of ether oxygens (including phenoxy) is 2. The molecular formula is C27H31F2N5O3. The summed E-state index contributed by atoms with van der Waals surface area (Å²) in [6, 6.07) is 5.53. The highest BCUT2D eigenvalue weighted by molar-refractivity contribution is 6.01. The predicted molar refractivity (Wildman–Crippen MR) is 133 cm³/mol. The summed E-state index contributed by atoms with van der Waals surface area (Å²) in [6.45, 7) is 1.89. The normalized spacial score (nSPS) is 17.0. The van der Waals surface area contributed by atoms with Gasteiger partial charge in [-0.15, -0.1) is 5.10 Å². The molecular weight excluding hydrogens is 480 g/mol. The first-order valence-electron chi connectivity index (χ1n) is 12.9. The summed E-state index contributed by atoms with van der Waals surface area (Å²) in [5, 5.41) is 9.46. The average Bonchev–Trinajstić information content (AvgIpc) is 3.39. The van der Waals surface area contributed by atoms with Crippen LogP contribution in [0, 0.1) is 23.5 Å². The van der Waals surface area contributed by atoms with E-state index in [1.165, 1.54) is 43.5 Å². The Morgan fingerprint density at radius 3 is 2.62 bits per heavy atom. The maximum Gasteiger partial charge on any atom is 0.296 e. The van der Waals surface area contributed by atoms with Gasteiger partial charge in [0.25, 0.3) is 5.91 Å². The van der Waals surface area contributed by atoms with Crippen LogP contribution in [0.4, 0.5) is 14.6 Å². The number of carbonyl (C=O) groups is 1. The molecule has 3 heterocycles. The minimum Gasteiger partial charge on any atom is -0.493 e. The van der Waals surface area contributed by atoms with E-state index in [0.717, 1.165) is 38.3 Å². The van der Waals surface area contributed by atoms with Gasteiger partial charge in [0, 0.05) is 30.8 Å². The number of nitrogens with zero attached hydrogens (tertiary/aromatic N) is 3. The zero-order chi connectivity index (χ0) is 25.6. The van der Waals surface area contributed by atoms with Crippen LogP contribution in [0.1, 0.15) is 61.4 Å². The molecule has 1 amide bonds. The van der Waals surface area contributed by atoms with Gasteiger partial charge in [-0.2, -0.15) is 0 Å². The molecule has 2 fully saturated rings. The third-order valence-corrected chi connectivity index (χ3v) is 7.09. The first kappa shape index (κ1) is 25.3. The third-order valence-electron chi connectivity index (χ3n) is 7.09. The van der Waals surface area contributed by atoms with E-state index in [0.29, 0.717) is 43.2 Å². The van der Waals surface area contributed by atoms with Gasteiger partial charge in [-0.3, -0.25) is 9.89 Å². The van der Waals surface area contributed by atoms with Crippen molar-refractivity contribution in [3.8, 4) is 16.9 Å². The number of carbonyl (C=O) groups excluding carboxylic acids is 1. The first-order valence-corrected chi connectivity index (χ1v) is 12.9. The molecule has 8 nitrogen and oxygen atoms in total. The minimum atomic E-state index is -0.717. The van der Waals surface area contributed by atoms with Gasteiger partial charge in [0.2, 0.25) is 5.82 Å². The van der Waals surface area contributed by atoms with Crippen LogP contribution in [0.2, 0.25) is 0 Å². The topological polar surface area (TPSA) is 102 Å². The van der Waals surface area contributed by atoms with Crippen molar-refractivity contribution in [2.75, 3.05) is 25.1 Å². The molecule has 1 aliphatic carbocycles. The lowest BCUT2D eigenvalue weighted by molar-refractivity contribution is 0.0497. The highest BCUT2D eigenvalue weighted by Gasteiger charge is 2.20. The molecule has 0 radical (unpaired) electrons. The van der Waals surface area contributed by atoms with Crippen molar-refractivity contribution >= 4 is 11.7 Å². The van der Waals surface area contributed by atoms with E-state index in [2.05, 4.69) is 25.5 Å². The molecule has 1 saturated heterocycles. The second-order valence-corrected chi connectivity index (χ2v) is 9.83. The lowest BCUT2D eigenvalue weighted by Crippen LogP contribution is -2.21. The maximum absolute atomic E-state index is 14.7. The Morgan fingerprint density at radius 2 is 1.81 bits per heavy atom. The highest BCUT2D eigenvalue weighted by Crippen LogP contribution is 2.31. The first-order chi connectivity index (χ1) is 18.0. The molecule has 1 aliphatic heterocycles. The van der Waals surface area contributed by atoms with E-state index in [9.17, 15) is 13.6 Å². The molecule has 37 heavy (non-hydrogen) atoms. The van der Waals surface area contributed by atoms with Crippen LogP contribution in [0.5, 0.6) is 5.75 Å². The molecule has 2 aliphatic rings. The quantitative estimate of drug-likeness (QED) is 0.424. The lowest BCUT2D eigenvalue weighted by Gasteiger charge is -2.22. The summed E-state index contributed by atoms with van der Waals surface area (Å²) in [4.78, 5) is 21.0. The second kappa shape index (κ2) is 11.8. The fourth-order valence-corrected chi connectivity index (χ4v) is 4.97. The van der Waals surface area contributed by atoms with Gasteiger partial charge < -0.3 is 14.8 Å². The number of halogens is 2. The summed E-state index contributed by atoms with van der Waals surface area (Å²) < 4.78 is 40.6. The summed E-state index contributed by atoms with van der Waals surface area (Å²) in [5.41, 5.74) is -0.0140. The number of H-pyrrole nitrogens is 1. The molecule has 2 aromatic heterocycles. The highest BCUT2D eigenvalue weighted by atomic mass is 19.1. The van der Waals surface area contributed by atoms with Crippen molar-refractivity contribution in [1.29, 1.82) is 0 Å². The van der Waals surface area contributed by atoms with Crippen molar-refractivity contribution < 1.29 is 23.0 Å². The number of pyridine rings is 1. The monoisotopic (exact) mass is 511 g/mol. The van der Waals surface area contributed by atoms with Crippen molar-refractivity contribution in [2.24, 2.45) is 11.8 Å². The maximum atomic E-state index is 14.7. The van der Waals surface area contributed by atoms with Gasteiger partial charge in [0.1, 0.15) is 29.0 Å². The van der Waals surface area contributed by atoms with Gasteiger partial charge in [-0.1, -0.05) is 32.1 Å². The molecule has 10 heteroatoms. The number of amides is 1. The Balaban J connectivity index is 1.27. The minimum absolute atomic E-state index is 0.0202. The van der Waals surface area contributed by atoms with Gasteiger partial charge in [-0.25, -0.2) is 18.7 Å². The molecule has 0 spiro atoms. The smallest absolute Gasteiger partial charge is 0.296 e. The van der Waals surface area contributed by atoms with Crippen LogP contribution in [-0.4, -0.2) is 45.9 Å². The standard InChI is InChI=1S/C27H31F2N5O3/c28-22-7-6-19(37-16-18-8-10-36-11-9-18)13-20(22)21-14-24(30-15-23(21)29)32-27(35)26-31-25(33-34-26)12-17-4-2-1-3-5-17/h6-7,13-15,17-18H,1-5,8-12,16H2,(H,30,32,35)(H,31,33,34). The van der Waals surface area contributed by atoms with Crippen molar-refractivity contribution in [3.05, 3.63) is 53.7 Å². The Labute approximate surface area is 214 Å². The fourth-order valence-electron chi connectivity index (χ4n) is 4.97. The molecule has 3 aromatic rings. The van der Waals surface area contributed by atoms with Gasteiger partial charge in [0.15, 0.2) is 0 Å². The van der Waals surface area contributed by atoms with Crippen molar-refractivity contribution in [1.82, 2.24) is 20.2 Å². The Hall–Kier alpha value is -3.40. The number of hydrogen-bond acceptors (Lipinski definition) is 6. The van der Waals surface area contributed by atoms with E-state index in [1.807, 2.05) is 0 Å². The van der Waals surface area contributed by atoms with E-state index >= 15 is 0 Å². The summed E-state index contributed by atoms with van der Waals surface area (Å²) >= 11 is 0. The zero-order valence-electron chi connectivity index (χ0n) is 20.6. The largest absolute Gasteiger partial charge is 0.493 e. The van der Waals surface area contributed by atoms with Gasteiger partial charge >= 0.3 is 0 Å². The molecule has 0 unspecified atom stereocenters.